The van der Waals surface area contributed by atoms with Crippen LogP contribution in [0.15, 0.2) is 60.9 Å². The molecule has 1 fully saturated rings. The predicted octanol–water partition coefficient (Wildman–Crippen LogP) is 5.24. The molecule has 6 heterocycles. The van der Waals surface area contributed by atoms with Crippen LogP contribution in [0.2, 0.25) is 0 Å². The second-order valence-corrected chi connectivity index (χ2v) is 10.4. The van der Waals surface area contributed by atoms with E-state index in [-0.39, 0.29) is 17.8 Å². The average molecular weight is 537 g/mol. The Morgan fingerprint density at radius 2 is 1.85 bits per heavy atom. The van der Waals surface area contributed by atoms with E-state index < -0.39 is 0 Å². The van der Waals surface area contributed by atoms with Gasteiger partial charge in [0, 0.05) is 56.2 Å². The van der Waals surface area contributed by atoms with Gasteiger partial charge in [-0.25, -0.2) is 14.1 Å². The Bertz CT molecular complexity index is 1840. The molecule has 40 heavy (non-hydrogen) atoms. The number of nitrogens with zero attached hydrogens (tertiary/aromatic N) is 8. The number of hydrogen-bond acceptors (Lipinski definition) is 6. The highest BCUT2D eigenvalue weighted by Gasteiger charge is 2.32. The summed E-state index contributed by atoms with van der Waals surface area (Å²) >= 11 is 0. The van der Waals surface area contributed by atoms with Crippen molar-refractivity contribution in [1.29, 1.82) is 0 Å². The first-order valence-electron chi connectivity index (χ1n) is 13.5. The molecule has 5 aromatic heterocycles. The van der Waals surface area contributed by atoms with Crippen molar-refractivity contribution in [3.8, 4) is 22.6 Å². The highest BCUT2D eigenvalue weighted by Crippen LogP contribution is 2.41. The lowest BCUT2D eigenvalue weighted by molar-refractivity contribution is 0.0548. The van der Waals surface area contributed by atoms with Crippen molar-refractivity contribution in [3.63, 3.8) is 0 Å². The lowest BCUT2D eigenvalue weighted by atomic mass is 9.86. The maximum absolute atomic E-state index is 15.6. The van der Waals surface area contributed by atoms with Gasteiger partial charge in [-0.05, 0) is 56.0 Å². The molecule has 1 aliphatic heterocycles. The third-order valence-electron chi connectivity index (χ3n) is 8.05. The van der Waals surface area contributed by atoms with E-state index in [9.17, 15) is 0 Å². The van der Waals surface area contributed by atoms with Gasteiger partial charge in [-0.3, -0.25) is 9.67 Å². The van der Waals surface area contributed by atoms with E-state index in [0.717, 1.165) is 63.2 Å². The number of aryl methyl sites for hydroxylation is 3. The van der Waals surface area contributed by atoms with Gasteiger partial charge in [0.05, 0.1) is 39.9 Å². The number of hydrogen-bond donors (Lipinski definition) is 0. The topological polar surface area (TPSA) is 88.5 Å². The van der Waals surface area contributed by atoms with Crippen molar-refractivity contribution in [1.82, 2.24) is 39.3 Å². The number of rotatable bonds is 5. The van der Waals surface area contributed by atoms with Gasteiger partial charge in [-0.2, -0.15) is 5.10 Å². The van der Waals surface area contributed by atoms with Gasteiger partial charge in [-0.15, -0.1) is 5.10 Å². The Hall–Kier alpha value is -4.44. The van der Waals surface area contributed by atoms with Crippen molar-refractivity contribution in [3.05, 3.63) is 78.0 Å². The first kappa shape index (κ1) is 24.6. The van der Waals surface area contributed by atoms with Crippen LogP contribution >= 0.6 is 0 Å². The third kappa shape index (κ3) is 3.90. The molecular formula is C30H29FN8O. The summed E-state index contributed by atoms with van der Waals surface area (Å²) in [5.74, 6) is -0.0806. The molecule has 0 spiro atoms. The zero-order valence-corrected chi connectivity index (χ0v) is 22.6. The second-order valence-electron chi connectivity index (χ2n) is 10.4. The van der Waals surface area contributed by atoms with Crippen molar-refractivity contribution in [2.45, 2.75) is 25.8 Å². The van der Waals surface area contributed by atoms with E-state index in [2.05, 4.69) is 32.1 Å². The molecule has 0 amide bonds. The largest absolute Gasteiger partial charge is 0.381 e. The summed E-state index contributed by atoms with van der Waals surface area (Å²) < 4.78 is 27.1. The van der Waals surface area contributed by atoms with Crippen LogP contribution < -0.4 is 0 Å². The molecule has 7 rings (SSSR count). The average Bonchev–Trinajstić information content (AvgIpc) is 3.65. The zero-order chi connectivity index (χ0) is 27.4. The van der Waals surface area contributed by atoms with Crippen LogP contribution in [-0.2, 0) is 18.8 Å². The third-order valence-corrected chi connectivity index (χ3v) is 8.05. The fourth-order valence-corrected chi connectivity index (χ4v) is 6.16. The fraction of sp³-hybridized carbons (Fsp3) is 0.300. The van der Waals surface area contributed by atoms with Crippen LogP contribution in [0, 0.1) is 18.7 Å². The monoisotopic (exact) mass is 536 g/mol. The van der Waals surface area contributed by atoms with Gasteiger partial charge in [0.25, 0.3) is 0 Å². The van der Waals surface area contributed by atoms with E-state index >= 15 is 4.39 Å². The summed E-state index contributed by atoms with van der Waals surface area (Å²) in [6.07, 6.45) is 5.26. The van der Waals surface area contributed by atoms with Gasteiger partial charge in [-0.1, -0.05) is 23.4 Å². The van der Waals surface area contributed by atoms with Crippen molar-refractivity contribution < 1.29 is 9.13 Å². The van der Waals surface area contributed by atoms with Crippen molar-refractivity contribution >= 4 is 22.1 Å². The van der Waals surface area contributed by atoms with Gasteiger partial charge in [0.15, 0.2) is 0 Å². The molecule has 1 saturated heterocycles. The summed E-state index contributed by atoms with van der Waals surface area (Å²) in [5, 5.41) is 13.7. The summed E-state index contributed by atoms with van der Waals surface area (Å²) in [4.78, 5) is 10.1. The molecule has 1 aliphatic rings. The number of aromatic nitrogens is 8. The Morgan fingerprint density at radius 3 is 2.58 bits per heavy atom. The van der Waals surface area contributed by atoms with Crippen LogP contribution in [0.25, 0.3) is 44.7 Å². The summed E-state index contributed by atoms with van der Waals surface area (Å²) in [6, 6.07) is 14.9. The van der Waals surface area contributed by atoms with Gasteiger partial charge in [0.1, 0.15) is 11.5 Å². The van der Waals surface area contributed by atoms with Crippen molar-refractivity contribution in [2.75, 3.05) is 13.2 Å². The quantitative estimate of drug-likeness (QED) is 0.299. The molecule has 0 unspecified atom stereocenters. The van der Waals surface area contributed by atoms with E-state index in [0.29, 0.717) is 18.8 Å². The van der Waals surface area contributed by atoms with Crippen LogP contribution in [-0.4, -0.2) is 52.5 Å². The normalized spacial score (nSPS) is 15.3. The molecular weight excluding hydrogens is 507 g/mol. The minimum absolute atomic E-state index is 0.148. The zero-order valence-electron chi connectivity index (χ0n) is 22.6. The number of halogens is 1. The van der Waals surface area contributed by atoms with E-state index in [1.165, 1.54) is 0 Å². The minimum atomic E-state index is -0.304. The Labute approximate surface area is 230 Å². The molecule has 1 aromatic carbocycles. The molecule has 6 aromatic rings. The number of pyridine rings is 2. The highest BCUT2D eigenvalue weighted by molar-refractivity contribution is 6.05. The fourth-order valence-electron chi connectivity index (χ4n) is 6.16. The molecule has 0 radical (unpaired) electrons. The SMILES string of the molecule is Cc1nnn(C)c1-c1cnc2c3ccc(-c4ccnn4C)nc3n([C@H](c3ccccc3F)C3CCOCC3)c2c1. The van der Waals surface area contributed by atoms with E-state index in [4.69, 9.17) is 14.7 Å². The maximum atomic E-state index is 15.6. The molecule has 1 atom stereocenters. The summed E-state index contributed by atoms with van der Waals surface area (Å²) in [7, 11) is 3.78. The molecule has 9 nitrogen and oxygen atoms in total. The Morgan fingerprint density at radius 1 is 1.02 bits per heavy atom. The minimum Gasteiger partial charge on any atom is -0.381 e. The van der Waals surface area contributed by atoms with Gasteiger partial charge >= 0.3 is 0 Å². The van der Waals surface area contributed by atoms with Crippen LogP contribution in [0.5, 0.6) is 0 Å². The Balaban J connectivity index is 1.57. The second kappa shape index (κ2) is 9.63. The summed E-state index contributed by atoms with van der Waals surface area (Å²) in [5.41, 5.74) is 7.42. The molecule has 0 aliphatic carbocycles. The van der Waals surface area contributed by atoms with Gasteiger partial charge in [0.2, 0.25) is 0 Å². The lowest BCUT2D eigenvalue weighted by Gasteiger charge is -2.33. The standard InChI is InChI=1S/C30H29FN8O/c1-18-28(38(3)36-35-18)20-16-26-27(32-17-20)22-8-9-24(25-10-13-33-37(25)2)34-30(22)39(26)29(19-11-14-40-15-12-19)21-6-4-5-7-23(21)31/h4-10,13,16-17,19,29H,11-12,14-15H2,1-3H3/t29-/m0/s1. The number of benzene rings is 1. The maximum Gasteiger partial charge on any atom is 0.143 e. The smallest absolute Gasteiger partial charge is 0.143 e. The lowest BCUT2D eigenvalue weighted by Crippen LogP contribution is -2.27. The summed E-state index contributed by atoms with van der Waals surface area (Å²) in [6.45, 7) is 3.22. The van der Waals surface area contributed by atoms with Crippen molar-refractivity contribution in [2.24, 2.45) is 20.0 Å². The number of fused-ring (bicyclic) bond motifs is 3. The number of ether oxygens (including phenoxy) is 1. The highest BCUT2D eigenvalue weighted by atomic mass is 19.1. The van der Waals surface area contributed by atoms with Crippen LogP contribution in [0.3, 0.4) is 0 Å². The van der Waals surface area contributed by atoms with Crippen LogP contribution in [0.1, 0.15) is 30.1 Å². The van der Waals surface area contributed by atoms with E-state index in [1.807, 2.05) is 56.2 Å². The first-order chi connectivity index (χ1) is 19.5. The van der Waals surface area contributed by atoms with Crippen LogP contribution in [0.4, 0.5) is 4.39 Å². The first-order valence-corrected chi connectivity index (χ1v) is 13.5. The molecule has 202 valence electrons. The Kier molecular flexibility index (Phi) is 5.92. The van der Waals surface area contributed by atoms with E-state index in [1.54, 1.807) is 23.0 Å². The van der Waals surface area contributed by atoms with Gasteiger partial charge < -0.3 is 9.30 Å². The molecule has 0 saturated carbocycles. The molecule has 0 bridgehead atoms. The molecule has 0 N–H and O–H groups in total. The predicted molar refractivity (Wildman–Crippen MR) is 150 cm³/mol. The molecule has 10 heteroatoms.